The van der Waals surface area contributed by atoms with Crippen LogP contribution in [-0.4, -0.2) is 44.8 Å². The predicted octanol–water partition coefficient (Wildman–Crippen LogP) is 3.07. The third kappa shape index (κ3) is 4.52. The fourth-order valence-corrected chi connectivity index (χ4v) is 4.55. The molecule has 3 aromatic rings. The molecule has 0 spiro atoms. The van der Waals surface area contributed by atoms with Gasteiger partial charge in [0.05, 0.1) is 15.7 Å². The van der Waals surface area contributed by atoms with Crippen molar-refractivity contribution < 1.29 is 19.2 Å². The minimum absolute atomic E-state index is 0.203. The zero-order chi connectivity index (χ0) is 24.7. The number of nitrogens with one attached hydrogen (secondary N) is 3. The van der Waals surface area contributed by atoms with Crippen molar-refractivity contribution in [2.45, 2.75) is 32.0 Å². The van der Waals surface area contributed by atoms with Crippen LogP contribution in [-0.2, 0) is 22.7 Å². The predicted molar refractivity (Wildman–Crippen MR) is 128 cm³/mol. The summed E-state index contributed by atoms with van der Waals surface area (Å²) in [5.74, 6) is -1.35. The molecule has 178 valence electrons. The molecule has 0 saturated carbocycles. The van der Waals surface area contributed by atoms with E-state index in [1.165, 1.54) is 4.90 Å². The first-order valence-electron chi connectivity index (χ1n) is 10.9. The van der Waals surface area contributed by atoms with Crippen LogP contribution in [0.4, 0.5) is 0 Å². The van der Waals surface area contributed by atoms with Gasteiger partial charge in [-0.2, -0.15) is 5.10 Å². The summed E-state index contributed by atoms with van der Waals surface area (Å²) in [7, 11) is 0. The number of aromatic amines is 1. The first kappa shape index (κ1) is 23.1. The zero-order valence-electron chi connectivity index (χ0n) is 18.2. The lowest BCUT2D eigenvalue weighted by Crippen LogP contribution is -2.52. The van der Waals surface area contributed by atoms with Gasteiger partial charge in [0.25, 0.3) is 11.8 Å². The number of hydrogen-bond acceptors (Lipinski definition) is 5. The standard InChI is InChI=1S/C24H19Cl2N5O4/c25-16-4-2-13(8-17(16)26)18-9-19(30-29-18)22(33)27-10-12-1-3-15-14(7-12)11-31(24(15)35)20-5-6-21(32)28-23(20)34/h1-4,7-9,20H,5-6,10-11H2,(H,27,33)(H,29,30)(H,28,32,34). The maximum Gasteiger partial charge on any atom is 0.269 e. The van der Waals surface area contributed by atoms with E-state index in [0.717, 1.165) is 16.7 Å². The first-order chi connectivity index (χ1) is 16.8. The third-order valence-electron chi connectivity index (χ3n) is 6.08. The fourth-order valence-electron chi connectivity index (χ4n) is 4.26. The molecule has 35 heavy (non-hydrogen) atoms. The summed E-state index contributed by atoms with van der Waals surface area (Å²) >= 11 is 12.0. The van der Waals surface area contributed by atoms with E-state index in [2.05, 4.69) is 20.8 Å². The molecule has 3 heterocycles. The Hall–Kier alpha value is -3.69. The van der Waals surface area contributed by atoms with E-state index >= 15 is 0 Å². The minimum Gasteiger partial charge on any atom is -0.347 e. The molecule has 2 aliphatic rings. The minimum atomic E-state index is -0.666. The number of imide groups is 1. The van der Waals surface area contributed by atoms with Crippen LogP contribution in [0.25, 0.3) is 11.3 Å². The zero-order valence-corrected chi connectivity index (χ0v) is 19.7. The number of carbonyl (C=O) groups excluding carboxylic acids is 4. The van der Waals surface area contributed by atoms with Gasteiger partial charge < -0.3 is 10.2 Å². The van der Waals surface area contributed by atoms with Crippen LogP contribution in [0.5, 0.6) is 0 Å². The Morgan fingerprint density at radius 1 is 1.09 bits per heavy atom. The number of nitrogens with zero attached hydrogens (tertiary/aromatic N) is 2. The Morgan fingerprint density at radius 3 is 2.69 bits per heavy atom. The second-order valence-electron chi connectivity index (χ2n) is 8.37. The largest absolute Gasteiger partial charge is 0.347 e. The highest BCUT2D eigenvalue weighted by atomic mass is 35.5. The summed E-state index contributed by atoms with van der Waals surface area (Å²) in [5, 5.41) is 12.8. The molecule has 4 amide bonds. The van der Waals surface area contributed by atoms with Crippen LogP contribution < -0.4 is 10.6 Å². The highest BCUT2D eigenvalue weighted by Gasteiger charge is 2.39. The van der Waals surface area contributed by atoms with E-state index in [1.807, 2.05) is 6.07 Å². The summed E-state index contributed by atoms with van der Waals surface area (Å²) in [6, 6.07) is 11.3. The van der Waals surface area contributed by atoms with Gasteiger partial charge in [0.2, 0.25) is 11.8 Å². The van der Waals surface area contributed by atoms with E-state index in [1.54, 1.807) is 36.4 Å². The van der Waals surface area contributed by atoms with Gasteiger partial charge in [0.1, 0.15) is 11.7 Å². The molecule has 1 saturated heterocycles. The number of halogens is 2. The summed E-state index contributed by atoms with van der Waals surface area (Å²) in [5.41, 5.74) is 3.65. The maximum atomic E-state index is 12.8. The lowest BCUT2D eigenvalue weighted by molar-refractivity contribution is -0.136. The van der Waals surface area contributed by atoms with Crippen molar-refractivity contribution in [3.05, 3.63) is 74.9 Å². The van der Waals surface area contributed by atoms with Gasteiger partial charge in [-0.25, -0.2) is 0 Å². The molecule has 0 aliphatic carbocycles. The van der Waals surface area contributed by atoms with E-state index < -0.39 is 11.9 Å². The number of H-pyrrole nitrogens is 1. The topological polar surface area (TPSA) is 124 Å². The number of amides is 4. The lowest BCUT2D eigenvalue weighted by Gasteiger charge is -2.29. The number of benzene rings is 2. The molecule has 11 heteroatoms. The fraction of sp³-hybridized carbons (Fsp3) is 0.208. The smallest absolute Gasteiger partial charge is 0.269 e. The Morgan fingerprint density at radius 2 is 1.91 bits per heavy atom. The van der Waals surface area contributed by atoms with Crippen LogP contribution in [0.15, 0.2) is 42.5 Å². The molecule has 5 rings (SSSR count). The van der Waals surface area contributed by atoms with Crippen LogP contribution in [0.3, 0.4) is 0 Å². The Labute approximate surface area is 209 Å². The molecule has 1 aromatic heterocycles. The molecule has 1 atom stereocenters. The molecule has 3 N–H and O–H groups in total. The molecule has 9 nitrogen and oxygen atoms in total. The van der Waals surface area contributed by atoms with Gasteiger partial charge in [-0.3, -0.25) is 29.6 Å². The van der Waals surface area contributed by atoms with Crippen LogP contribution in [0.1, 0.15) is 44.8 Å². The second kappa shape index (κ2) is 9.16. The van der Waals surface area contributed by atoms with E-state index in [4.69, 9.17) is 23.2 Å². The molecule has 2 aliphatic heterocycles. The number of aromatic nitrogens is 2. The van der Waals surface area contributed by atoms with Crippen molar-refractivity contribution in [2.75, 3.05) is 0 Å². The number of rotatable bonds is 5. The summed E-state index contributed by atoms with van der Waals surface area (Å²) in [6.07, 6.45) is 0.510. The Balaban J connectivity index is 1.24. The third-order valence-corrected chi connectivity index (χ3v) is 6.82. The van der Waals surface area contributed by atoms with Gasteiger partial charge in [0, 0.05) is 30.6 Å². The van der Waals surface area contributed by atoms with Crippen molar-refractivity contribution >= 4 is 46.8 Å². The number of fused-ring (bicyclic) bond motifs is 1. The van der Waals surface area contributed by atoms with Crippen molar-refractivity contribution in [3.63, 3.8) is 0 Å². The van der Waals surface area contributed by atoms with E-state index in [-0.39, 0.29) is 42.9 Å². The van der Waals surface area contributed by atoms with Gasteiger partial charge in [0.15, 0.2) is 0 Å². The average Bonchev–Trinajstić information content (AvgIpc) is 3.45. The SMILES string of the molecule is O=C1CCC(N2Cc3cc(CNC(=O)c4cc(-c5ccc(Cl)c(Cl)c5)n[nH]4)ccc3C2=O)C(=O)N1. The van der Waals surface area contributed by atoms with Gasteiger partial charge in [-0.1, -0.05) is 41.4 Å². The molecule has 2 aromatic carbocycles. The lowest BCUT2D eigenvalue weighted by atomic mass is 10.0. The Bertz CT molecular complexity index is 1390. The number of carbonyl (C=O) groups is 4. The van der Waals surface area contributed by atoms with Gasteiger partial charge in [-0.15, -0.1) is 0 Å². The number of piperidine rings is 1. The van der Waals surface area contributed by atoms with Crippen LogP contribution in [0, 0.1) is 0 Å². The van der Waals surface area contributed by atoms with Crippen molar-refractivity contribution in [2.24, 2.45) is 0 Å². The van der Waals surface area contributed by atoms with E-state index in [9.17, 15) is 19.2 Å². The Kier molecular flexibility index (Phi) is 6.04. The molecular weight excluding hydrogens is 493 g/mol. The van der Waals surface area contributed by atoms with Crippen molar-refractivity contribution in [1.29, 1.82) is 0 Å². The summed E-state index contributed by atoms with van der Waals surface area (Å²) in [6.45, 7) is 0.510. The van der Waals surface area contributed by atoms with E-state index in [0.29, 0.717) is 27.7 Å². The van der Waals surface area contributed by atoms with Crippen molar-refractivity contribution in [1.82, 2.24) is 25.7 Å². The van der Waals surface area contributed by atoms with Crippen LogP contribution >= 0.6 is 23.2 Å². The monoisotopic (exact) mass is 511 g/mol. The quantitative estimate of drug-likeness (QED) is 0.454. The highest BCUT2D eigenvalue weighted by molar-refractivity contribution is 6.42. The summed E-state index contributed by atoms with van der Waals surface area (Å²) < 4.78 is 0. The molecule has 0 radical (unpaired) electrons. The summed E-state index contributed by atoms with van der Waals surface area (Å²) in [4.78, 5) is 50.5. The molecule has 1 unspecified atom stereocenters. The molecule has 0 bridgehead atoms. The maximum absolute atomic E-state index is 12.8. The van der Waals surface area contributed by atoms with Crippen molar-refractivity contribution in [3.8, 4) is 11.3 Å². The van der Waals surface area contributed by atoms with Gasteiger partial charge in [-0.05, 0) is 41.8 Å². The molecule has 1 fully saturated rings. The number of hydrogen-bond donors (Lipinski definition) is 3. The normalized spacial score (nSPS) is 17.4. The second-order valence-corrected chi connectivity index (χ2v) is 9.18. The average molecular weight is 512 g/mol. The molecular formula is C24H19Cl2N5O4. The highest BCUT2D eigenvalue weighted by Crippen LogP contribution is 2.29. The van der Waals surface area contributed by atoms with Gasteiger partial charge >= 0.3 is 0 Å². The van der Waals surface area contributed by atoms with Crippen LogP contribution in [0.2, 0.25) is 10.0 Å². The first-order valence-corrected chi connectivity index (χ1v) is 11.6.